The number of epoxide rings is 1. The van der Waals surface area contributed by atoms with Gasteiger partial charge in [0.05, 0.1) is 31.0 Å². The van der Waals surface area contributed by atoms with Gasteiger partial charge in [-0.05, 0) is 52.5 Å². The first-order chi connectivity index (χ1) is 20.5. The molecule has 2 amide bonds. The summed E-state index contributed by atoms with van der Waals surface area (Å²) in [5, 5.41) is 17.0. The molecule has 4 heterocycles. The van der Waals surface area contributed by atoms with Crippen LogP contribution in [0.15, 0.2) is 36.0 Å². The molecule has 11 heteroatoms. The van der Waals surface area contributed by atoms with Gasteiger partial charge >= 0.3 is 6.09 Å². The van der Waals surface area contributed by atoms with Crippen molar-refractivity contribution in [2.75, 3.05) is 32.8 Å². The lowest BCUT2D eigenvalue weighted by Crippen LogP contribution is -2.50. The normalized spacial score (nSPS) is 35.7. The van der Waals surface area contributed by atoms with E-state index in [4.69, 9.17) is 18.9 Å². The van der Waals surface area contributed by atoms with Gasteiger partial charge in [0.25, 0.3) is 0 Å². The van der Waals surface area contributed by atoms with Crippen LogP contribution in [0.2, 0.25) is 0 Å². The van der Waals surface area contributed by atoms with Gasteiger partial charge in [-0.3, -0.25) is 9.59 Å². The van der Waals surface area contributed by atoms with Crippen LogP contribution < -0.4 is 10.6 Å². The molecule has 4 fully saturated rings. The lowest BCUT2D eigenvalue weighted by molar-refractivity contribution is -0.143. The quantitative estimate of drug-likeness (QED) is 0.195. The molecule has 0 aromatic carbocycles. The van der Waals surface area contributed by atoms with Crippen molar-refractivity contribution in [3.63, 3.8) is 0 Å². The summed E-state index contributed by atoms with van der Waals surface area (Å²) in [6.07, 6.45) is 8.67. The number of piperazine rings is 1. The topological polar surface area (TPSA) is 139 Å². The molecule has 9 atom stereocenters. The minimum absolute atomic E-state index is 0.00562. The van der Waals surface area contributed by atoms with E-state index in [0.29, 0.717) is 39.0 Å². The molecule has 0 saturated carbocycles. The number of nitrogens with one attached hydrogen (secondary N) is 2. The Morgan fingerprint density at radius 1 is 1.16 bits per heavy atom. The molecule has 0 aromatic rings. The Hall–Kier alpha value is -2.57. The highest BCUT2D eigenvalue weighted by Gasteiger charge is 2.58. The van der Waals surface area contributed by atoms with Crippen molar-refractivity contribution in [3.05, 3.63) is 36.0 Å². The van der Waals surface area contributed by atoms with E-state index in [0.717, 1.165) is 25.1 Å². The second-order valence-corrected chi connectivity index (χ2v) is 12.6. The summed E-state index contributed by atoms with van der Waals surface area (Å²) in [5.41, 5.74) is 0.426. The first-order valence-corrected chi connectivity index (χ1v) is 15.6. The molecule has 0 bridgehead atoms. The number of ether oxygens (including phenoxy) is 4. The maximum Gasteiger partial charge on any atom is 0.410 e. The highest BCUT2D eigenvalue weighted by Crippen LogP contribution is 2.43. The number of aliphatic hydroxyl groups is 1. The fourth-order valence-corrected chi connectivity index (χ4v) is 6.03. The fraction of sp³-hybridized carbons (Fsp3) is 0.719. The third-order valence-corrected chi connectivity index (χ3v) is 8.75. The van der Waals surface area contributed by atoms with Gasteiger partial charge in [-0.2, -0.15) is 0 Å². The first-order valence-electron chi connectivity index (χ1n) is 15.6. The molecule has 3 N–H and O–H groups in total. The van der Waals surface area contributed by atoms with Gasteiger partial charge in [0.1, 0.15) is 29.7 Å². The minimum atomic E-state index is -0.764. The average molecular weight is 604 g/mol. The molecule has 11 nitrogen and oxygen atoms in total. The maximum absolute atomic E-state index is 12.6. The van der Waals surface area contributed by atoms with Crippen molar-refractivity contribution in [1.82, 2.24) is 15.5 Å². The number of nitrogens with zero attached hydrogens (tertiary/aromatic N) is 1. The summed E-state index contributed by atoms with van der Waals surface area (Å²) in [6.45, 7) is 12.6. The van der Waals surface area contributed by atoms with Crippen LogP contribution in [-0.4, -0.2) is 109 Å². The van der Waals surface area contributed by atoms with E-state index in [1.54, 1.807) is 24.8 Å². The lowest BCUT2D eigenvalue weighted by Gasteiger charge is -2.39. The van der Waals surface area contributed by atoms with Gasteiger partial charge in [0.15, 0.2) is 0 Å². The molecule has 0 radical (unpaired) electrons. The molecule has 4 aliphatic heterocycles. The van der Waals surface area contributed by atoms with Gasteiger partial charge in [0.2, 0.25) is 5.91 Å². The molecule has 1 spiro atoms. The third kappa shape index (κ3) is 9.46. The molecule has 4 aliphatic rings. The number of carbonyl (C=O) groups is 3. The fourth-order valence-electron chi connectivity index (χ4n) is 6.03. The van der Waals surface area contributed by atoms with Crippen LogP contribution in [0.4, 0.5) is 4.79 Å². The first kappa shape index (κ1) is 33.3. The van der Waals surface area contributed by atoms with Crippen LogP contribution in [0.3, 0.4) is 0 Å². The van der Waals surface area contributed by atoms with E-state index in [1.165, 1.54) is 6.08 Å². The number of hydrogen-bond acceptors (Lipinski definition) is 9. The van der Waals surface area contributed by atoms with E-state index in [2.05, 4.69) is 23.6 Å². The highest BCUT2D eigenvalue weighted by atomic mass is 16.6. The van der Waals surface area contributed by atoms with Crippen molar-refractivity contribution in [1.29, 1.82) is 0 Å². The Balaban J connectivity index is 1.21. The van der Waals surface area contributed by atoms with Gasteiger partial charge < -0.3 is 39.6 Å². The molecule has 43 heavy (non-hydrogen) atoms. The molecule has 0 aromatic heterocycles. The minimum Gasteiger partial charge on any atom is -0.442 e. The van der Waals surface area contributed by atoms with Gasteiger partial charge in [-0.1, -0.05) is 30.7 Å². The lowest BCUT2D eigenvalue weighted by atomic mass is 9.87. The van der Waals surface area contributed by atoms with Crippen LogP contribution >= 0.6 is 0 Å². The number of ketones is 1. The van der Waals surface area contributed by atoms with E-state index in [1.807, 2.05) is 26.0 Å². The summed E-state index contributed by atoms with van der Waals surface area (Å²) < 4.78 is 23.3. The summed E-state index contributed by atoms with van der Waals surface area (Å²) in [5.74, 6) is 0.0389. The van der Waals surface area contributed by atoms with Crippen molar-refractivity contribution in [2.24, 2.45) is 5.92 Å². The number of allylic oxidation sites excluding steroid dienone is 2. The summed E-state index contributed by atoms with van der Waals surface area (Å²) in [7, 11) is 0. The number of aliphatic hydroxyl groups excluding tert-OH is 1. The van der Waals surface area contributed by atoms with Crippen molar-refractivity contribution < 1.29 is 38.4 Å². The number of rotatable bonds is 10. The molecule has 240 valence electrons. The number of carbonyl (C=O) groups excluding carboxylic acids is 3. The standard InChI is InChI=1S/C32H49N3O8/c1-20(7-10-28-30(38)32(19-40-32)18-25(43-28)17-22(3)36)6-9-27-21(2)16-26(24(5)42-27)34-29(37)11-8-23(4)41-31(39)35-14-12-33-13-15-35/h6-8,10-11,21,23-28,30,33,38H,9,12-19H2,1-5H3,(H,34,37)/b10-7+,11-8-,20-6+/t21-,23-,24+,25+,26+,27-,28+,30+,32+/m0/s1. The largest absolute Gasteiger partial charge is 0.442 e. The van der Waals surface area contributed by atoms with Crippen LogP contribution in [-0.2, 0) is 28.5 Å². The zero-order chi connectivity index (χ0) is 31.1. The van der Waals surface area contributed by atoms with Crippen molar-refractivity contribution in [3.8, 4) is 0 Å². The third-order valence-electron chi connectivity index (χ3n) is 8.75. The van der Waals surface area contributed by atoms with Crippen LogP contribution in [0.1, 0.15) is 60.3 Å². The van der Waals surface area contributed by atoms with Crippen molar-refractivity contribution in [2.45, 2.75) is 109 Å². The Morgan fingerprint density at radius 2 is 1.88 bits per heavy atom. The Bertz CT molecular complexity index is 1080. The summed E-state index contributed by atoms with van der Waals surface area (Å²) in [6, 6.07) is -0.128. The average Bonchev–Trinajstić information content (AvgIpc) is 3.74. The predicted octanol–water partition coefficient (Wildman–Crippen LogP) is 2.43. The SMILES string of the molecule is CC(=O)C[C@@H]1C[C@@]2(CO2)[C@H](O)[C@@H](/C=C/C(C)=C/C[C@@H]2O[C@H](C)[C@H](NC(=O)/C=C\[C@H](C)OC(=O)N3CCNCC3)C[C@@H]2C)O1. The van der Waals surface area contributed by atoms with Crippen LogP contribution in [0, 0.1) is 5.92 Å². The molecule has 4 saturated heterocycles. The number of amides is 2. The Morgan fingerprint density at radius 3 is 2.56 bits per heavy atom. The molecule has 4 rings (SSSR count). The molecular weight excluding hydrogens is 554 g/mol. The Kier molecular flexibility index (Phi) is 11.6. The monoisotopic (exact) mass is 603 g/mol. The smallest absolute Gasteiger partial charge is 0.410 e. The molecule has 0 unspecified atom stereocenters. The highest BCUT2D eigenvalue weighted by molar-refractivity contribution is 5.87. The second-order valence-electron chi connectivity index (χ2n) is 12.6. The van der Waals surface area contributed by atoms with E-state index < -0.39 is 23.9 Å². The van der Waals surface area contributed by atoms with Gasteiger partial charge in [-0.25, -0.2) is 4.79 Å². The van der Waals surface area contributed by atoms with E-state index in [9.17, 15) is 19.5 Å². The Labute approximate surface area is 255 Å². The summed E-state index contributed by atoms with van der Waals surface area (Å²) in [4.78, 5) is 38.1. The second kappa shape index (κ2) is 14.9. The van der Waals surface area contributed by atoms with E-state index in [-0.39, 0.29) is 48.1 Å². The predicted molar refractivity (Wildman–Crippen MR) is 160 cm³/mol. The van der Waals surface area contributed by atoms with Crippen LogP contribution in [0.25, 0.3) is 0 Å². The number of Topliss-reactive ketones (excluding diaryl/α,β-unsaturated/α-hetero) is 1. The maximum atomic E-state index is 12.6. The van der Waals surface area contributed by atoms with Gasteiger partial charge in [-0.15, -0.1) is 0 Å². The zero-order valence-electron chi connectivity index (χ0n) is 26.1. The van der Waals surface area contributed by atoms with Gasteiger partial charge in [0, 0.05) is 45.1 Å². The number of hydrogen-bond donors (Lipinski definition) is 3. The van der Waals surface area contributed by atoms with Crippen molar-refractivity contribution >= 4 is 17.8 Å². The summed E-state index contributed by atoms with van der Waals surface area (Å²) >= 11 is 0. The van der Waals surface area contributed by atoms with Crippen LogP contribution in [0.5, 0.6) is 0 Å². The molecule has 0 aliphatic carbocycles. The zero-order valence-corrected chi connectivity index (χ0v) is 26.1. The molecular formula is C32H49N3O8. The van der Waals surface area contributed by atoms with E-state index >= 15 is 0 Å².